The van der Waals surface area contributed by atoms with E-state index in [1.54, 1.807) is 0 Å². The van der Waals surface area contributed by atoms with Crippen molar-refractivity contribution in [1.29, 1.82) is 0 Å². The number of rotatable bonds is 3. The van der Waals surface area contributed by atoms with Gasteiger partial charge in [-0.25, -0.2) is 4.79 Å². The number of hydrogen-bond acceptors (Lipinski definition) is 2. The summed E-state index contributed by atoms with van der Waals surface area (Å²) in [5.74, 6) is 6.24. The van der Waals surface area contributed by atoms with Gasteiger partial charge in [0.1, 0.15) is 0 Å². The Morgan fingerprint density at radius 1 is 1.16 bits per heavy atom. The lowest BCUT2D eigenvalue weighted by atomic mass is 10.0. The van der Waals surface area contributed by atoms with Crippen molar-refractivity contribution < 1.29 is 9.53 Å². The van der Waals surface area contributed by atoms with Gasteiger partial charge in [0.25, 0.3) is 0 Å². The lowest BCUT2D eigenvalue weighted by Crippen LogP contribution is -2.13. The molecule has 3 heteroatoms. The summed E-state index contributed by atoms with van der Waals surface area (Å²) in [4.78, 5) is 10.4. The van der Waals surface area contributed by atoms with Crippen molar-refractivity contribution in [2.75, 3.05) is 6.61 Å². The molecule has 0 aliphatic heterocycles. The molecule has 0 radical (unpaired) electrons. The molecule has 0 atom stereocenters. The lowest BCUT2D eigenvalue weighted by molar-refractivity contribution is 0.156. The Hall–Kier alpha value is -2.47. The first kappa shape index (κ1) is 13.0. The number of hydrogen-bond donors (Lipinski definition) is 1. The molecular formula is C16H15NO2. The maximum atomic E-state index is 10.4. The number of carbonyl (C=O) groups excluding carboxylic acids is 1. The van der Waals surface area contributed by atoms with E-state index in [4.69, 9.17) is 5.73 Å². The molecule has 0 unspecified atom stereocenters. The van der Waals surface area contributed by atoms with Gasteiger partial charge in [-0.05, 0) is 23.3 Å². The minimum absolute atomic E-state index is 0.319. The van der Waals surface area contributed by atoms with Crippen molar-refractivity contribution in [3.8, 4) is 11.8 Å². The molecule has 1 amide bonds. The normalized spacial score (nSPS) is 9.68. The highest BCUT2D eigenvalue weighted by Crippen LogP contribution is 2.17. The van der Waals surface area contributed by atoms with Crippen molar-refractivity contribution in [1.82, 2.24) is 0 Å². The van der Waals surface area contributed by atoms with E-state index in [2.05, 4.69) is 34.8 Å². The Kier molecular flexibility index (Phi) is 4.41. The second-order valence-corrected chi connectivity index (χ2v) is 4.10. The summed E-state index contributed by atoms with van der Waals surface area (Å²) in [7, 11) is 0. The summed E-state index contributed by atoms with van der Waals surface area (Å²) in [5, 5.41) is 2.34. The summed E-state index contributed by atoms with van der Waals surface area (Å²) in [5.41, 5.74) is 5.89. The summed E-state index contributed by atoms with van der Waals surface area (Å²) >= 11 is 0. The van der Waals surface area contributed by atoms with Crippen LogP contribution in [0.3, 0.4) is 0 Å². The van der Waals surface area contributed by atoms with Crippen LogP contribution < -0.4 is 5.73 Å². The molecule has 0 bridgehead atoms. The highest BCUT2D eigenvalue weighted by Gasteiger charge is 1.96. The smallest absolute Gasteiger partial charge is 0.404 e. The molecule has 2 aromatic carbocycles. The lowest BCUT2D eigenvalue weighted by Gasteiger charge is -1.99. The molecule has 2 aromatic rings. The second kappa shape index (κ2) is 6.46. The van der Waals surface area contributed by atoms with Crippen LogP contribution >= 0.6 is 0 Å². The average molecular weight is 253 g/mol. The number of benzene rings is 2. The maximum absolute atomic E-state index is 10.4. The van der Waals surface area contributed by atoms with Crippen LogP contribution in [0, 0.1) is 11.8 Å². The number of nitrogens with two attached hydrogens (primary N) is 1. The molecule has 3 nitrogen and oxygen atoms in total. The van der Waals surface area contributed by atoms with Crippen LogP contribution in [0.4, 0.5) is 4.79 Å². The molecule has 0 aromatic heterocycles. The quantitative estimate of drug-likeness (QED) is 0.675. The SMILES string of the molecule is NC(=O)OCCCC#Cc1cccc2ccccc12. The number of fused-ring (bicyclic) bond motifs is 1. The third kappa shape index (κ3) is 3.75. The van der Waals surface area contributed by atoms with Gasteiger partial charge in [-0.15, -0.1) is 0 Å². The number of carbonyl (C=O) groups is 1. The van der Waals surface area contributed by atoms with E-state index < -0.39 is 6.09 Å². The monoisotopic (exact) mass is 253 g/mol. The molecule has 19 heavy (non-hydrogen) atoms. The van der Waals surface area contributed by atoms with E-state index in [9.17, 15) is 4.79 Å². The fourth-order valence-corrected chi connectivity index (χ4v) is 1.83. The van der Waals surface area contributed by atoms with Gasteiger partial charge >= 0.3 is 6.09 Å². The van der Waals surface area contributed by atoms with Gasteiger partial charge < -0.3 is 10.5 Å². The van der Waals surface area contributed by atoms with Crippen LogP contribution in [-0.4, -0.2) is 12.7 Å². The predicted octanol–water partition coefficient (Wildman–Crippen LogP) is 3.07. The zero-order valence-electron chi connectivity index (χ0n) is 10.6. The molecule has 2 N–H and O–H groups in total. The highest BCUT2D eigenvalue weighted by molar-refractivity contribution is 5.88. The van der Waals surface area contributed by atoms with Crippen LogP contribution in [0.25, 0.3) is 10.8 Å². The Morgan fingerprint density at radius 2 is 1.95 bits per heavy atom. The largest absolute Gasteiger partial charge is 0.450 e. The maximum Gasteiger partial charge on any atom is 0.404 e. The fourth-order valence-electron chi connectivity index (χ4n) is 1.83. The van der Waals surface area contributed by atoms with Crippen LogP contribution in [0.1, 0.15) is 18.4 Å². The zero-order chi connectivity index (χ0) is 13.5. The number of amides is 1. The van der Waals surface area contributed by atoms with Crippen LogP contribution in [-0.2, 0) is 4.74 Å². The highest BCUT2D eigenvalue weighted by atomic mass is 16.5. The summed E-state index contributed by atoms with van der Waals surface area (Å²) in [6, 6.07) is 14.2. The Morgan fingerprint density at radius 3 is 2.79 bits per heavy atom. The molecule has 0 fully saturated rings. The molecule has 0 aliphatic rings. The van der Waals surface area contributed by atoms with Crippen molar-refractivity contribution in [2.45, 2.75) is 12.8 Å². The molecule has 0 spiro atoms. The minimum atomic E-state index is -0.734. The number of ether oxygens (including phenoxy) is 1. The first-order valence-corrected chi connectivity index (χ1v) is 6.16. The first-order chi connectivity index (χ1) is 9.27. The van der Waals surface area contributed by atoms with Gasteiger partial charge in [0.15, 0.2) is 0 Å². The zero-order valence-corrected chi connectivity index (χ0v) is 10.6. The molecule has 0 aliphatic carbocycles. The van der Waals surface area contributed by atoms with Crippen molar-refractivity contribution in [3.63, 3.8) is 0 Å². The standard InChI is InChI=1S/C16H15NO2/c17-16(18)19-12-5-1-2-7-13-9-6-10-14-8-3-4-11-15(13)14/h3-4,6,8-11H,1,5,12H2,(H2,17,18). The van der Waals surface area contributed by atoms with Crippen LogP contribution in [0.2, 0.25) is 0 Å². The molecule has 0 heterocycles. The Balaban J connectivity index is 2.00. The van der Waals surface area contributed by atoms with E-state index in [-0.39, 0.29) is 0 Å². The molecular weight excluding hydrogens is 238 g/mol. The van der Waals surface area contributed by atoms with E-state index >= 15 is 0 Å². The Bertz CT molecular complexity index is 632. The molecule has 0 saturated heterocycles. The predicted molar refractivity (Wildman–Crippen MR) is 75.6 cm³/mol. The van der Waals surface area contributed by atoms with Gasteiger partial charge in [-0.1, -0.05) is 48.2 Å². The topological polar surface area (TPSA) is 52.3 Å². The Labute approximate surface area is 112 Å². The van der Waals surface area contributed by atoms with E-state index in [1.807, 2.05) is 24.3 Å². The van der Waals surface area contributed by atoms with Crippen molar-refractivity contribution >= 4 is 16.9 Å². The minimum Gasteiger partial charge on any atom is -0.450 e. The van der Waals surface area contributed by atoms with Gasteiger partial charge in [0.05, 0.1) is 6.61 Å². The fraction of sp³-hybridized carbons (Fsp3) is 0.188. The summed E-state index contributed by atoms with van der Waals surface area (Å²) in [6.45, 7) is 0.319. The number of primary amides is 1. The third-order valence-corrected chi connectivity index (χ3v) is 2.70. The van der Waals surface area contributed by atoms with Crippen molar-refractivity contribution in [3.05, 3.63) is 48.0 Å². The molecule has 0 saturated carbocycles. The van der Waals surface area contributed by atoms with E-state index in [0.29, 0.717) is 19.4 Å². The van der Waals surface area contributed by atoms with Gasteiger partial charge in [-0.2, -0.15) is 0 Å². The van der Waals surface area contributed by atoms with E-state index in [1.165, 1.54) is 5.39 Å². The third-order valence-electron chi connectivity index (χ3n) is 2.70. The second-order valence-electron chi connectivity index (χ2n) is 4.10. The molecule has 96 valence electrons. The van der Waals surface area contributed by atoms with Crippen LogP contribution in [0.5, 0.6) is 0 Å². The molecule has 2 rings (SSSR count). The van der Waals surface area contributed by atoms with Crippen LogP contribution in [0.15, 0.2) is 42.5 Å². The van der Waals surface area contributed by atoms with Gasteiger partial charge in [0, 0.05) is 12.0 Å². The number of unbranched alkanes of at least 4 members (excludes halogenated alkanes) is 1. The van der Waals surface area contributed by atoms with Crippen molar-refractivity contribution in [2.24, 2.45) is 5.73 Å². The summed E-state index contributed by atoms with van der Waals surface area (Å²) in [6.07, 6.45) is 0.638. The van der Waals surface area contributed by atoms with E-state index in [0.717, 1.165) is 10.9 Å². The average Bonchev–Trinajstić information content (AvgIpc) is 2.42. The first-order valence-electron chi connectivity index (χ1n) is 6.16. The summed E-state index contributed by atoms with van der Waals surface area (Å²) < 4.78 is 4.64. The van der Waals surface area contributed by atoms with Gasteiger partial charge in [-0.3, -0.25) is 0 Å². The van der Waals surface area contributed by atoms with Gasteiger partial charge in [0.2, 0.25) is 0 Å².